The number of para-hydroxylation sites is 1. The Balaban J connectivity index is 2.47. The Kier molecular flexibility index (Phi) is 6.32. The highest BCUT2D eigenvalue weighted by Crippen LogP contribution is 2.25. The van der Waals surface area contributed by atoms with Gasteiger partial charge in [0.25, 0.3) is 0 Å². The minimum Gasteiger partial charge on any atom is -0.493 e. The predicted octanol–water partition coefficient (Wildman–Crippen LogP) is 3.57. The lowest BCUT2D eigenvalue weighted by atomic mass is 9.93. The van der Waals surface area contributed by atoms with Crippen LogP contribution in [0.4, 0.5) is 0 Å². The molecule has 0 fully saturated rings. The van der Waals surface area contributed by atoms with E-state index >= 15 is 0 Å². The lowest BCUT2D eigenvalue weighted by Gasteiger charge is -2.19. The summed E-state index contributed by atoms with van der Waals surface area (Å²) in [6.07, 6.45) is 0.343. The van der Waals surface area contributed by atoms with Gasteiger partial charge in [0, 0.05) is 12.2 Å². The summed E-state index contributed by atoms with van der Waals surface area (Å²) >= 11 is 0. The molecule has 1 aromatic rings. The normalized spacial score (nSPS) is 13.3. The maximum absolute atomic E-state index is 10.2. The molecule has 1 rings (SSSR count). The zero-order chi connectivity index (χ0) is 14.3. The van der Waals surface area contributed by atoms with Gasteiger partial charge in [0.15, 0.2) is 0 Å². The molecule has 0 spiro atoms. The van der Waals surface area contributed by atoms with Crippen molar-refractivity contribution in [2.45, 2.75) is 40.2 Å². The SMILES string of the molecule is CCOc1ccccc1C(O)COCCC(C)(C)C. The molecule has 0 aromatic heterocycles. The van der Waals surface area contributed by atoms with Crippen molar-refractivity contribution in [2.24, 2.45) is 5.41 Å². The van der Waals surface area contributed by atoms with E-state index in [4.69, 9.17) is 9.47 Å². The van der Waals surface area contributed by atoms with Gasteiger partial charge in [-0.1, -0.05) is 39.0 Å². The lowest BCUT2D eigenvalue weighted by Crippen LogP contribution is -2.14. The molecule has 1 aromatic carbocycles. The van der Waals surface area contributed by atoms with Crippen molar-refractivity contribution >= 4 is 0 Å². The number of rotatable bonds is 7. The van der Waals surface area contributed by atoms with Gasteiger partial charge in [-0.15, -0.1) is 0 Å². The third kappa shape index (κ3) is 6.08. The van der Waals surface area contributed by atoms with Crippen LogP contribution in [0, 0.1) is 5.41 Å². The van der Waals surface area contributed by atoms with Gasteiger partial charge in [0.05, 0.1) is 13.2 Å². The zero-order valence-corrected chi connectivity index (χ0v) is 12.5. The fourth-order valence-corrected chi connectivity index (χ4v) is 1.71. The van der Waals surface area contributed by atoms with Crippen LogP contribution >= 0.6 is 0 Å². The summed E-state index contributed by atoms with van der Waals surface area (Å²) in [4.78, 5) is 0. The lowest BCUT2D eigenvalue weighted by molar-refractivity contribution is 0.0251. The number of benzene rings is 1. The molecule has 0 aliphatic carbocycles. The van der Waals surface area contributed by atoms with E-state index in [9.17, 15) is 5.11 Å². The summed E-state index contributed by atoms with van der Waals surface area (Å²) in [5.74, 6) is 0.733. The molecule has 1 atom stereocenters. The standard InChI is InChI=1S/C16H26O3/c1-5-19-15-9-7-6-8-13(15)14(17)12-18-11-10-16(2,3)4/h6-9,14,17H,5,10-12H2,1-4H3. The molecule has 0 bridgehead atoms. The molecule has 0 aliphatic rings. The molecule has 0 saturated carbocycles. The van der Waals surface area contributed by atoms with E-state index in [1.807, 2.05) is 31.2 Å². The van der Waals surface area contributed by atoms with Crippen LogP contribution < -0.4 is 4.74 Å². The zero-order valence-electron chi connectivity index (χ0n) is 12.5. The fourth-order valence-electron chi connectivity index (χ4n) is 1.71. The van der Waals surface area contributed by atoms with E-state index in [1.54, 1.807) is 0 Å². The molecule has 0 amide bonds. The molecular formula is C16H26O3. The van der Waals surface area contributed by atoms with Crippen LogP contribution in [0.2, 0.25) is 0 Å². The largest absolute Gasteiger partial charge is 0.493 e. The minimum atomic E-state index is -0.636. The van der Waals surface area contributed by atoms with Crippen LogP contribution in [0.3, 0.4) is 0 Å². The first-order valence-corrected chi connectivity index (χ1v) is 6.91. The van der Waals surface area contributed by atoms with Crippen LogP contribution in [0.25, 0.3) is 0 Å². The van der Waals surface area contributed by atoms with E-state index in [2.05, 4.69) is 20.8 Å². The minimum absolute atomic E-state index is 0.258. The summed E-state index contributed by atoms with van der Waals surface area (Å²) < 4.78 is 11.1. The van der Waals surface area contributed by atoms with E-state index in [1.165, 1.54) is 0 Å². The fraction of sp³-hybridized carbons (Fsp3) is 0.625. The van der Waals surface area contributed by atoms with Crippen LogP contribution in [-0.4, -0.2) is 24.9 Å². The van der Waals surface area contributed by atoms with Crippen molar-refractivity contribution in [1.82, 2.24) is 0 Å². The summed E-state index contributed by atoms with van der Waals surface area (Å²) in [5, 5.41) is 10.2. The second-order valence-electron chi connectivity index (χ2n) is 5.87. The summed E-state index contributed by atoms with van der Waals surface area (Å²) in [6.45, 7) is 10.0. The van der Waals surface area contributed by atoms with Crippen molar-refractivity contribution in [3.8, 4) is 5.75 Å². The monoisotopic (exact) mass is 266 g/mol. The third-order valence-electron chi connectivity index (χ3n) is 2.85. The molecule has 3 heteroatoms. The first-order valence-electron chi connectivity index (χ1n) is 6.91. The van der Waals surface area contributed by atoms with Crippen LogP contribution in [0.1, 0.15) is 45.8 Å². The van der Waals surface area contributed by atoms with Crippen LogP contribution in [0.15, 0.2) is 24.3 Å². The Morgan fingerprint density at radius 3 is 2.53 bits per heavy atom. The molecule has 1 unspecified atom stereocenters. The molecule has 0 aliphatic heterocycles. The number of aliphatic hydroxyl groups is 1. The van der Waals surface area contributed by atoms with Gasteiger partial charge in [-0.25, -0.2) is 0 Å². The Labute approximate surface area is 116 Å². The van der Waals surface area contributed by atoms with Gasteiger partial charge in [-0.3, -0.25) is 0 Å². The van der Waals surface area contributed by atoms with Gasteiger partial charge in [-0.2, -0.15) is 0 Å². The third-order valence-corrected chi connectivity index (χ3v) is 2.85. The van der Waals surface area contributed by atoms with Crippen molar-refractivity contribution < 1.29 is 14.6 Å². The first kappa shape index (κ1) is 16.0. The van der Waals surface area contributed by atoms with Gasteiger partial charge in [-0.05, 0) is 24.8 Å². The molecule has 19 heavy (non-hydrogen) atoms. The van der Waals surface area contributed by atoms with Crippen molar-refractivity contribution in [3.63, 3.8) is 0 Å². The van der Waals surface area contributed by atoms with Gasteiger partial charge in [0.2, 0.25) is 0 Å². The van der Waals surface area contributed by atoms with E-state index in [0.717, 1.165) is 17.7 Å². The molecule has 0 heterocycles. The topological polar surface area (TPSA) is 38.7 Å². The second-order valence-corrected chi connectivity index (χ2v) is 5.87. The second kappa shape index (κ2) is 7.51. The summed E-state index contributed by atoms with van der Waals surface area (Å²) in [6, 6.07) is 7.55. The van der Waals surface area contributed by atoms with E-state index in [-0.39, 0.29) is 5.41 Å². The summed E-state index contributed by atoms with van der Waals surface area (Å²) in [5.41, 5.74) is 1.05. The smallest absolute Gasteiger partial charge is 0.125 e. The van der Waals surface area contributed by atoms with Gasteiger partial charge in [0.1, 0.15) is 11.9 Å². The quantitative estimate of drug-likeness (QED) is 0.767. The molecule has 3 nitrogen and oxygen atoms in total. The number of hydrogen-bond acceptors (Lipinski definition) is 3. The van der Waals surface area contributed by atoms with Crippen molar-refractivity contribution in [3.05, 3.63) is 29.8 Å². The van der Waals surface area contributed by atoms with Crippen LogP contribution in [-0.2, 0) is 4.74 Å². The van der Waals surface area contributed by atoms with Gasteiger partial charge >= 0.3 is 0 Å². The Bertz CT molecular complexity index is 369. The molecule has 1 N–H and O–H groups in total. The van der Waals surface area contributed by atoms with Crippen LogP contribution in [0.5, 0.6) is 5.75 Å². The highest BCUT2D eigenvalue weighted by molar-refractivity contribution is 5.35. The first-order chi connectivity index (χ1) is 8.94. The van der Waals surface area contributed by atoms with Crippen molar-refractivity contribution in [2.75, 3.05) is 19.8 Å². The van der Waals surface area contributed by atoms with E-state index in [0.29, 0.717) is 19.8 Å². The Hall–Kier alpha value is -1.06. The molecular weight excluding hydrogens is 240 g/mol. The number of ether oxygens (including phenoxy) is 2. The number of aliphatic hydroxyl groups excluding tert-OH is 1. The highest BCUT2D eigenvalue weighted by Gasteiger charge is 2.14. The molecule has 0 radical (unpaired) electrons. The maximum Gasteiger partial charge on any atom is 0.125 e. The Morgan fingerprint density at radius 2 is 1.89 bits per heavy atom. The Morgan fingerprint density at radius 1 is 1.21 bits per heavy atom. The predicted molar refractivity (Wildman–Crippen MR) is 77.5 cm³/mol. The average molecular weight is 266 g/mol. The average Bonchev–Trinajstić information content (AvgIpc) is 2.34. The highest BCUT2D eigenvalue weighted by atomic mass is 16.5. The molecule has 0 saturated heterocycles. The van der Waals surface area contributed by atoms with Gasteiger partial charge < -0.3 is 14.6 Å². The molecule has 108 valence electrons. The van der Waals surface area contributed by atoms with E-state index < -0.39 is 6.10 Å². The summed E-state index contributed by atoms with van der Waals surface area (Å²) in [7, 11) is 0. The maximum atomic E-state index is 10.2. The number of hydrogen-bond donors (Lipinski definition) is 1. The van der Waals surface area contributed by atoms with Crippen molar-refractivity contribution in [1.29, 1.82) is 0 Å².